The van der Waals surface area contributed by atoms with E-state index in [4.69, 9.17) is 9.26 Å². The summed E-state index contributed by atoms with van der Waals surface area (Å²) in [5.74, 6) is 2.26. The standard InChI is InChI=1S/C14H23N3O2/c1-11-15-14(16-19-11)13-10-17(8-9-18-13)7-6-12-4-2-3-5-12/h12-13H,2-10H2,1H3/t13-/m0/s1. The van der Waals surface area contributed by atoms with Crippen molar-refractivity contribution in [3.05, 3.63) is 11.7 Å². The van der Waals surface area contributed by atoms with Gasteiger partial charge >= 0.3 is 0 Å². The van der Waals surface area contributed by atoms with Gasteiger partial charge in [0.1, 0.15) is 6.10 Å². The summed E-state index contributed by atoms with van der Waals surface area (Å²) in [5.41, 5.74) is 0. The van der Waals surface area contributed by atoms with Gasteiger partial charge in [-0.05, 0) is 18.9 Å². The maximum absolute atomic E-state index is 5.75. The van der Waals surface area contributed by atoms with Gasteiger partial charge in [-0.3, -0.25) is 4.90 Å². The van der Waals surface area contributed by atoms with E-state index in [2.05, 4.69) is 15.0 Å². The summed E-state index contributed by atoms with van der Waals surface area (Å²) >= 11 is 0. The second-order valence-electron chi connectivity index (χ2n) is 5.77. The monoisotopic (exact) mass is 265 g/mol. The van der Waals surface area contributed by atoms with Crippen molar-refractivity contribution in [1.82, 2.24) is 15.0 Å². The maximum Gasteiger partial charge on any atom is 0.223 e. The number of aromatic nitrogens is 2. The van der Waals surface area contributed by atoms with Gasteiger partial charge in [0.25, 0.3) is 0 Å². The lowest BCUT2D eigenvalue weighted by Crippen LogP contribution is -2.39. The summed E-state index contributed by atoms with van der Waals surface area (Å²) in [6.45, 7) is 5.69. The molecule has 5 nitrogen and oxygen atoms in total. The van der Waals surface area contributed by atoms with Gasteiger partial charge in [-0.25, -0.2) is 0 Å². The second kappa shape index (κ2) is 6.01. The Morgan fingerprint density at radius 1 is 1.32 bits per heavy atom. The molecular formula is C14H23N3O2. The molecule has 0 unspecified atom stereocenters. The molecule has 0 spiro atoms. The van der Waals surface area contributed by atoms with E-state index in [1.807, 2.05) is 6.92 Å². The number of hydrogen-bond donors (Lipinski definition) is 0. The normalized spacial score (nSPS) is 26.1. The van der Waals surface area contributed by atoms with E-state index in [0.717, 1.165) is 25.6 Å². The highest BCUT2D eigenvalue weighted by Crippen LogP contribution is 2.28. The quantitative estimate of drug-likeness (QED) is 0.836. The molecule has 1 saturated carbocycles. The van der Waals surface area contributed by atoms with Crippen LogP contribution in [0.2, 0.25) is 0 Å². The van der Waals surface area contributed by atoms with Crippen LogP contribution in [0.5, 0.6) is 0 Å². The number of morpholine rings is 1. The molecule has 3 rings (SSSR count). The molecular weight excluding hydrogens is 242 g/mol. The molecule has 2 aliphatic rings. The summed E-state index contributed by atoms with van der Waals surface area (Å²) in [5, 5.41) is 3.97. The summed E-state index contributed by atoms with van der Waals surface area (Å²) in [6.07, 6.45) is 7.03. The predicted octanol–water partition coefficient (Wildman–Crippen LogP) is 2.33. The van der Waals surface area contributed by atoms with E-state index in [1.165, 1.54) is 38.6 Å². The first-order chi connectivity index (χ1) is 9.31. The molecule has 0 aromatic carbocycles. The molecule has 0 radical (unpaired) electrons. The molecule has 1 aliphatic heterocycles. The summed E-state index contributed by atoms with van der Waals surface area (Å²) in [4.78, 5) is 6.76. The number of hydrogen-bond acceptors (Lipinski definition) is 5. The fourth-order valence-corrected chi connectivity index (χ4v) is 3.17. The minimum atomic E-state index is -0.0187. The molecule has 1 aromatic heterocycles. The Hall–Kier alpha value is -0.940. The van der Waals surface area contributed by atoms with E-state index in [0.29, 0.717) is 11.7 Å². The largest absolute Gasteiger partial charge is 0.367 e. The Labute approximate surface area is 114 Å². The van der Waals surface area contributed by atoms with E-state index in [-0.39, 0.29) is 6.10 Å². The molecule has 2 fully saturated rings. The molecule has 1 atom stereocenters. The van der Waals surface area contributed by atoms with Crippen LogP contribution in [0.15, 0.2) is 4.52 Å². The van der Waals surface area contributed by atoms with Crippen molar-refractivity contribution >= 4 is 0 Å². The fourth-order valence-electron chi connectivity index (χ4n) is 3.17. The highest BCUT2D eigenvalue weighted by Gasteiger charge is 2.26. The van der Waals surface area contributed by atoms with Crippen molar-refractivity contribution in [2.24, 2.45) is 5.92 Å². The molecule has 5 heteroatoms. The van der Waals surface area contributed by atoms with Gasteiger partial charge in [0.2, 0.25) is 11.7 Å². The minimum absolute atomic E-state index is 0.0187. The van der Waals surface area contributed by atoms with Crippen LogP contribution in [0.1, 0.15) is 49.9 Å². The zero-order chi connectivity index (χ0) is 13.1. The third-order valence-electron chi connectivity index (χ3n) is 4.31. The van der Waals surface area contributed by atoms with Crippen molar-refractivity contribution in [2.45, 2.75) is 45.1 Å². The molecule has 1 aliphatic carbocycles. The Morgan fingerprint density at radius 2 is 2.16 bits per heavy atom. The van der Waals surface area contributed by atoms with Crippen LogP contribution in [0.25, 0.3) is 0 Å². The van der Waals surface area contributed by atoms with Crippen molar-refractivity contribution in [2.75, 3.05) is 26.2 Å². The van der Waals surface area contributed by atoms with Crippen LogP contribution in [0.4, 0.5) is 0 Å². The topological polar surface area (TPSA) is 51.4 Å². The maximum atomic E-state index is 5.75. The predicted molar refractivity (Wildman–Crippen MR) is 70.7 cm³/mol. The van der Waals surface area contributed by atoms with Crippen LogP contribution in [0, 0.1) is 12.8 Å². The molecule has 106 valence electrons. The molecule has 0 bridgehead atoms. The highest BCUT2D eigenvalue weighted by molar-refractivity contribution is 4.93. The van der Waals surface area contributed by atoms with Gasteiger partial charge in [-0.1, -0.05) is 30.8 Å². The first kappa shape index (κ1) is 13.1. The lowest BCUT2D eigenvalue weighted by molar-refractivity contribution is -0.0364. The van der Waals surface area contributed by atoms with Crippen LogP contribution in [-0.2, 0) is 4.74 Å². The Bertz CT molecular complexity index is 401. The summed E-state index contributed by atoms with van der Waals surface area (Å²) in [6, 6.07) is 0. The van der Waals surface area contributed by atoms with Crippen LogP contribution < -0.4 is 0 Å². The number of aryl methyl sites for hydroxylation is 1. The van der Waals surface area contributed by atoms with Crippen molar-refractivity contribution in [3.63, 3.8) is 0 Å². The molecule has 2 heterocycles. The molecule has 1 saturated heterocycles. The summed E-state index contributed by atoms with van der Waals surface area (Å²) < 4.78 is 10.8. The fraction of sp³-hybridized carbons (Fsp3) is 0.857. The molecule has 19 heavy (non-hydrogen) atoms. The van der Waals surface area contributed by atoms with Gasteiger partial charge < -0.3 is 9.26 Å². The molecule has 0 N–H and O–H groups in total. The van der Waals surface area contributed by atoms with E-state index >= 15 is 0 Å². The van der Waals surface area contributed by atoms with E-state index in [1.54, 1.807) is 0 Å². The first-order valence-electron chi connectivity index (χ1n) is 7.45. The Morgan fingerprint density at radius 3 is 2.89 bits per heavy atom. The number of nitrogens with zero attached hydrogens (tertiary/aromatic N) is 3. The number of rotatable bonds is 4. The van der Waals surface area contributed by atoms with Gasteiger partial charge in [-0.15, -0.1) is 0 Å². The van der Waals surface area contributed by atoms with Gasteiger partial charge in [0.15, 0.2) is 0 Å². The van der Waals surface area contributed by atoms with Gasteiger partial charge in [0.05, 0.1) is 6.61 Å². The SMILES string of the molecule is Cc1nc([C@@H]2CN(CCC3CCCC3)CCO2)no1. The van der Waals surface area contributed by atoms with E-state index in [9.17, 15) is 0 Å². The summed E-state index contributed by atoms with van der Waals surface area (Å²) in [7, 11) is 0. The van der Waals surface area contributed by atoms with Crippen molar-refractivity contribution in [1.29, 1.82) is 0 Å². The molecule has 0 amide bonds. The second-order valence-corrected chi connectivity index (χ2v) is 5.77. The van der Waals surface area contributed by atoms with Crippen LogP contribution in [-0.4, -0.2) is 41.3 Å². The van der Waals surface area contributed by atoms with Crippen molar-refractivity contribution < 1.29 is 9.26 Å². The Kier molecular flexibility index (Phi) is 4.13. The average molecular weight is 265 g/mol. The zero-order valence-electron chi connectivity index (χ0n) is 11.7. The lowest BCUT2D eigenvalue weighted by atomic mass is 10.0. The third kappa shape index (κ3) is 3.34. The zero-order valence-corrected chi connectivity index (χ0v) is 11.7. The minimum Gasteiger partial charge on any atom is -0.367 e. The van der Waals surface area contributed by atoms with Crippen LogP contribution in [0.3, 0.4) is 0 Å². The first-order valence-corrected chi connectivity index (χ1v) is 7.45. The molecule has 1 aromatic rings. The Balaban J connectivity index is 1.50. The highest BCUT2D eigenvalue weighted by atomic mass is 16.5. The van der Waals surface area contributed by atoms with Crippen LogP contribution >= 0.6 is 0 Å². The van der Waals surface area contributed by atoms with Crippen molar-refractivity contribution in [3.8, 4) is 0 Å². The lowest BCUT2D eigenvalue weighted by Gasteiger charge is -2.32. The van der Waals surface area contributed by atoms with Gasteiger partial charge in [0, 0.05) is 20.0 Å². The third-order valence-corrected chi connectivity index (χ3v) is 4.31. The smallest absolute Gasteiger partial charge is 0.223 e. The average Bonchev–Trinajstić information content (AvgIpc) is 3.08. The van der Waals surface area contributed by atoms with Gasteiger partial charge in [-0.2, -0.15) is 4.98 Å². The number of ether oxygens (including phenoxy) is 1. The van der Waals surface area contributed by atoms with E-state index < -0.39 is 0 Å².